The molecule has 1 saturated carbocycles. The van der Waals surface area contributed by atoms with Gasteiger partial charge in [0.05, 0.1) is 47.3 Å². The number of hydrogen-bond donors (Lipinski definition) is 4. The number of sulfonamides is 4. The third-order valence-electron chi connectivity index (χ3n) is 25.2. The van der Waals surface area contributed by atoms with E-state index in [0.29, 0.717) is 49.1 Å². The molecule has 20 rings (SSSR count). The highest BCUT2D eigenvalue weighted by molar-refractivity contribution is 7.90. The van der Waals surface area contributed by atoms with Crippen LogP contribution < -0.4 is 0 Å². The van der Waals surface area contributed by atoms with Gasteiger partial charge in [0.2, 0.25) is 40.1 Å². The molecule has 4 aliphatic heterocycles. The van der Waals surface area contributed by atoms with Crippen molar-refractivity contribution in [2.45, 2.75) is 145 Å². The largest absolute Gasteiger partial charge is 0.347 e. The van der Waals surface area contributed by atoms with Crippen LogP contribution in [0.15, 0.2) is 250 Å². The van der Waals surface area contributed by atoms with Crippen molar-refractivity contribution in [1.82, 2.24) is 76.3 Å². The van der Waals surface area contributed by atoms with E-state index in [1.165, 1.54) is 58.2 Å². The maximum absolute atomic E-state index is 13.5. The molecular weight excluding hydrogens is 1640 g/mol. The Morgan fingerprint density at radius 1 is 0.333 bits per heavy atom. The van der Waals surface area contributed by atoms with Crippen LogP contribution in [-0.2, 0) is 83.5 Å². The second-order valence-corrected chi connectivity index (χ2v) is 42.0. The molecule has 123 heavy (non-hydrogen) atoms. The Labute approximate surface area is 716 Å². The summed E-state index contributed by atoms with van der Waals surface area (Å²) in [5, 5.41) is 32.0. The Balaban J connectivity index is 0.000000116. The zero-order valence-corrected chi connectivity index (χ0v) is 72.4. The molecule has 5 fully saturated rings. The number of fused-ring (bicyclic) bond motifs is 4. The molecule has 24 nitrogen and oxygen atoms in total. The highest BCUT2D eigenvalue weighted by Gasteiger charge is 2.44. The summed E-state index contributed by atoms with van der Waals surface area (Å²) < 4.78 is 146. The van der Waals surface area contributed by atoms with Crippen LogP contribution in [0.25, 0.3) is 88.1 Å². The van der Waals surface area contributed by atoms with Crippen molar-refractivity contribution in [1.29, 1.82) is 0 Å². The summed E-state index contributed by atoms with van der Waals surface area (Å²) in [4.78, 5) is 0. The molecule has 7 aromatic carbocycles. The van der Waals surface area contributed by atoms with Gasteiger partial charge in [0.25, 0.3) is 0 Å². The molecule has 0 amide bonds. The highest BCUT2D eigenvalue weighted by Crippen LogP contribution is 2.39. The lowest BCUT2D eigenvalue weighted by Gasteiger charge is -2.32. The van der Waals surface area contributed by atoms with Gasteiger partial charge < -0.3 is 18.3 Å². The number of H-pyrrole nitrogens is 4. The summed E-state index contributed by atoms with van der Waals surface area (Å²) >= 11 is 0. The van der Waals surface area contributed by atoms with Crippen LogP contribution in [0.5, 0.6) is 0 Å². The third-order valence-corrected chi connectivity index (χ3v) is 33.5. The van der Waals surface area contributed by atoms with Gasteiger partial charge >= 0.3 is 0 Å². The Morgan fingerprint density at radius 3 is 0.967 bits per heavy atom. The lowest BCUT2D eigenvalue weighted by atomic mass is 10.0. The van der Waals surface area contributed by atoms with Gasteiger partial charge in [-0.1, -0.05) is 85.3 Å². The molecule has 8 unspecified atom stereocenters. The zero-order valence-electron chi connectivity index (χ0n) is 69.1. The van der Waals surface area contributed by atoms with Gasteiger partial charge in [0.15, 0.2) is 0 Å². The van der Waals surface area contributed by atoms with E-state index in [9.17, 15) is 42.5 Å². The third kappa shape index (κ3) is 18.9. The first-order valence-corrected chi connectivity index (χ1v) is 48.5. The second-order valence-electron chi connectivity index (χ2n) is 34.1. The van der Waals surface area contributed by atoms with Crippen LogP contribution in [-0.4, -0.2) is 166 Å². The van der Waals surface area contributed by atoms with E-state index in [-0.39, 0.29) is 64.3 Å². The summed E-state index contributed by atoms with van der Waals surface area (Å²) in [5.41, 5.74) is 15.3. The minimum absolute atomic E-state index is 0.0215. The van der Waals surface area contributed by atoms with E-state index in [1.807, 2.05) is 88.3 Å². The Morgan fingerprint density at radius 2 is 0.650 bits per heavy atom. The smallest absolute Gasteiger partial charge is 0.218 e. The Hall–Kier alpha value is -11.0. The van der Waals surface area contributed by atoms with Gasteiger partial charge in [-0.2, -0.15) is 37.6 Å². The number of hydrogen-bond acceptors (Lipinski definition) is 12. The molecule has 1 aliphatic carbocycles. The maximum atomic E-state index is 13.5. The monoisotopic (exact) mass is 1740 g/mol. The normalized spacial score (nSPS) is 20.7. The van der Waals surface area contributed by atoms with E-state index < -0.39 is 45.9 Å². The molecule has 30 heteroatoms. The predicted octanol–water partition coefficient (Wildman–Crippen LogP) is 16.7. The molecule has 0 spiro atoms. The van der Waals surface area contributed by atoms with E-state index >= 15 is 0 Å². The summed E-state index contributed by atoms with van der Waals surface area (Å²) in [5.74, 6) is 0.108. The maximum Gasteiger partial charge on any atom is 0.218 e. The van der Waals surface area contributed by atoms with Gasteiger partial charge in [-0.15, -0.1) is 0 Å². The highest BCUT2D eigenvalue weighted by atomic mass is 32.2. The van der Waals surface area contributed by atoms with Crippen LogP contribution in [0.4, 0.5) is 8.78 Å². The summed E-state index contributed by atoms with van der Waals surface area (Å²) in [6, 6.07) is 54.9. The molecule has 640 valence electrons. The number of benzene rings is 7. The van der Waals surface area contributed by atoms with Gasteiger partial charge in [-0.05, 0) is 226 Å². The fraction of sp³-hybridized carbons (Fsp3) is 0.333. The Kier molecular flexibility index (Phi) is 24.5. The number of aromatic amines is 4. The van der Waals surface area contributed by atoms with Gasteiger partial charge in [0.1, 0.15) is 11.6 Å². The second kappa shape index (κ2) is 35.7. The topological polar surface area (TPSA) is 284 Å². The van der Waals surface area contributed by atoms with E-state index in [2.05, 4.69) is 188 Å². The van der Waals surface area contributed by atoms with Crippen LogP contribution in [0.2, 0.25) is 0 Å². The molecule has 4 N–H and O–H groups in total. The van der Waals surface area contributed by atoms with E-state index in [0.717, 1.165) is 143 Å². The predicted molar refractivity (Wildman–Crippen MR) is 479 cm³/mol. The van der Waals surface area contributed by atoms with E-state index in [4.69, 9.17) is 0 Å². The van der Waals surface area contributed by atoms with Crippen LogP contribution in [0.1, 0.15) is 89.3 Å². The van der Waals surface area contributed by atoms with Gasteiger partial charge in [0, 0.05) is 192 Å². The van der Waals surface area contributed by atoms with Crippen LogP contribution in [0, 0.1) is 35.3 Å². The Bertz CT molecular complexity index is 6640. The lowest BCUT2D eigenvalue weighted by molar-refractivity contribution is 0.370. The molecule has 15 aromatic rings. The quantitative estimate of drug-likeness (QED) is 0.0465. The number of rotatable bonds is 23. The number of nitrogens with zero attached hydrogens (tertiary/aromatic N) is 12. The lowest BCUT2D eigenvalue weighted by Crippen LogP contribution is -2.43. The fourth-order valence-electron chi connectivity index (χ4n) is 18.9. The minimum Gasteiger partial charge on any atom is -0.347 e. The van der Waals surface area contributed by atoms with Gasteiger partial charge in [-0.3, -0.25) is 20.4 Å². The molecule has 0 radical (unpaired) electrons. The first-order chi connectivity index (χ1) is 59.3. The van der Waals surface area contributed by atoms with Crippen LogP contribution in [0.3, 0.4) is 0 Å². The average molecular weight is 1740 g/mol. The number of nitrogens with one attached hydrogen (secondary N) is 4. The molecule has 5 aliphatic rings. The summed E-state index contributed by atoms with van der Waals surface area (Å²) in [6.45, 7) is 13.4. The fourth-order valence-corrected chi connectivity index (χ4v) is 26.8. The SMILES string of the molecule is CC1CC(Cn2ccc3cc(-c4cn[nH]c4)ccc32)CN1S(=O)(=O)C1CCC1.CC1CC(Cn2ccc3cc(-c4cn[nH]c4)ccc32)CN1S(=O)(=O)Cc1ccc(F)cc1.CC1CC(Cn2ccc3cc(-c4cn[nH]c4)ccc32)CN1S(=O)(=O)Cc1cccc(F)c1.CC1CC(Cn2ccc3cc(-c4cn[nH]c4)ccc32)CN1S(=O)(=O)Cc1ccccc1. The average Bonchev–Trinajstić information content (AvgIpc) is 1.69. The van der Waals surface area contributed by atoms with Crippen molar-refractivity contribution in [2.24, 2.45) is 23.7 Å². The summed E-state index contributed by atoms with van der Waals surface area (Å²) in [7, 11) is -13.4. The van der Waals surface area contributed by atoms with Crippen molar-refractivity contribution >= 4 is 83.7 Å². The standard InChI is InChI=1S/2C24H25FN4O2S.C24H26N4O2S.C21H26N4O2S/c1-17-10-19(15-29(17)32(30,31)16-18-2-5-23(25)6-3-18)14-28-9-8-21-11-20(4-7-24(21)28)22-12-26-27-13-22;1-17-9-19(15-29(17)32(30,31)16-18-3-2-4-23(25)10-18)14-28-8-7-21-11-20(5-6-24(21)28)22-12-26-27-13-22;1-18-11-20(16-28(18)31(29,30)17-19-5-3-2-4-6-19)15-27-10-9-22-12-21(7-8-24(22)27)23-13-25-26-14-23;1-15-9-16(14-25(15)28(26,27)20-3-2-4-20)13-24-8-7-18-10-17(5-6-21(18)24)19-11-22-23-12-19/h2-9,11-13,17,19H,10,14-16H2,1H3,(H,26,27);2-8,10-13,17,19H,9,14-16H2,1H3,(H,26,27);2-10,12-14,18,20H,11,15-17H2,1H3,(H,25,26);5-8,10-12,15-16,20H,2-4,9,13-14H2,1H3,(H,22,23). The van der Waals surface area contributed by atoms with Crippen molar-refractivity contribution in [3.63, 3.8) is 0 Å². The molecule has 8 atom stereocenters. The zero-order chi connectivity index (χ0) is 85.3. The first kappa shape index (κ1) is 84.3. The van der Waals surface area contributed by atoms with Crippen molar-refractivity contribution in [3.8, 4) is 44.5 Å². The van der Waals surface area contributed by atoms with Gasteiger partial charge in [-0.25, -0.2) is 42.5 Å². The molecular formula is C93H102F2N16O8S4. The van der Waals surface area contributed by atoms with Crippen molar-refractivity contribution in [2.75, 3.05) is 26.2 Å². The first-order valence-electron chi connectivity index (χ1n) is 42.1. The minimum atomic E-state index is -3.52. The van der Waals surface area contributed by atoms with E-state index in [1.54, 1.807) is 41.7 Å². The molecule has 4 saturated heterocycles. The van der Waals surface area contributed by atoms with Crippen LogP contribution >= 0.6 is 0 Å². The van der Waals surface area contributed by atoms with Crippen molar-refractivity contribution in [3.05, 3.63) is 279 Å². The van der Waals surface area contributed by atoms with Crippen molar-refractivity contribution < 1.29 is 42.5 Å². The summed E-state index contributed by atoms with van der Waals surface area (Å²) in [6.07, 6.45) is 29.3. The number of halogens is 2. The molecule has 8 aromatic heterocycles. The molecule has 0 bridgehead atoms. The number of aromatic nitrogens is 12. The molecule has 12 heterocycles.